The van der Waals surface area contributed by atoms with E-state index in [0.717, 1.165) is 0 Å². The van der Waals surface area contributed by atoms with E-state index in [4.69, 9.17) is 18.9 Å². The first-order chi connectivity index (χ1) is 18.7. The van der Waals surface area contributed by atoms with Crippen molar-refractivity contribution in [2.45, 2.75) is 33.7 Å². The van der Waals surface area contributed by atoms with E-state index in [2.05, 4.69) is 20.9 Å². The monoisotopic (exact) mass is 614 g/mol. The Morgan fingerprint density at radius 2 is 1.85 bits per heavy atom. The normalized spacial score (nSPS) is 14.9. The van der Waals surface area contributed by atoms with Gasteiger partial charge in [-0.1, -0.05) is 23.5 Å². The third-order valence-corrected chi connectivity index (χ3v) is 7.43. The van der Waals surface area contributed by atoms with Gasteiger partial charge in [0.15, 0.2) is 16.3 Å². The summed E-state index contributed by atoms with van der Waals surface area (Å²) in [6.07, 6.45) is 1.73. The van der Waals surface area contributed by atoms with Crippen LogP contribution in [0, 0.1) is 0 Å². The number of hydrogen-bond donors (Lipinski definition) is 0. The molecular formula is C28H27BrN2O7S. The Morgan fingerprint density at radius 1 is 1.10 bits per heavy atom. The molecule has 4 rings (SSSR count). The molecule has 0 saturated heterocycles. The molecule has 1 aliphatic heterocycles. The Balaban J connectivity index is 1.91. The molecule has 1 aromatic heterocycles. The fourth-order valence-corrected chi connectivity index (χ4v) is 5.76. The molecule has 39 heavy (non-hydrogen) atoms. The fourth-order valence-electron chi connectivity index (χ4n) is 4.23. The highest BCUT2D eigenvalue weighted by molar-refractivity contribution is 9.10. The van der Waals surface area contributed by atoms with Gasteiger partial charge in [-0.2, -0.15) is 0 Å². The van der Waals surface area contributed by atoms with Crippen molar-refractivity contribution >= 4 is 45.3 Å². The molecule has 204 valence electrons. The minimum absolute atomic E-state index is 0.178. The molecule has 9 nitrogen and oxygen atoms in total. The van der Waals surface area contributed by atoms with Gasteiger partial charge in [0, 0.05) is 6.92 Å². The molecule has 1 atom stereocenters. The molecule has 1 aliphatic rings. The smallest absolute Gasteiger partial charge is 0.338 e. The van der Waals surface area contributed by atoms with Crippen LogP contribution in [0.25, 0.3) is 6.08 Å². The lowest BCUT2D eigenvalue weighted by atomic mass is 9.95. The Morgan fingerprint density at radius 3 is 2.49 bits per heavy atom. The minimum atomic E-state index is -0.786. The number of carbonyl (C=O) groups excluding carboxylic acids is 2. The van der Waals surface area contributed by atoms with E-state index in [9.17, 15) is 14.4 Å². The van der Waals surface area contributed by atoms with Crippen LogP contribution < -0.4 is 29.1 Å². The van der Waals surface area contributed by atoms with Crippen molar-refractivity contribution in [2.75, 3.05) is 20.3 Å². The van der Waals surface area contributed by atoms with Gasteiger partial charge in [0.2, 0.25) is 0 Å². The standard InChI is InChI=1S/C28H27BrN2O7S/c1-6-36-22-14-18(9-11-21(22)35-5)25-24(27(34)37-7-2)15(3)30-28-31(25)26(33)23(39-28)13-17-8-10-20(19(29)12-17)38-16(4)32/h8-14,25H,6-7H2,1-5H3/b23-13-/t25-/m1/s1. The van der Waals surface area contributed by atoms with Gasteiger partial charge in [0.25, 0.3) is 5.56 Å². The minimum Gasteiger partial charge on any atom is -0.493 e. The van der Waals surface area contributed by atoms with Crippen molar-refractivity contribution in [3.8, 4) is 17.2 Å². The summed E-state index contributed by atoms with van der Waals surface area (Å²) >= 11 is 4.62. The van der Waals surface area contributed by atoms with Gasteiger partial charge in [-0.05, 0) is 78.2 Å². The molecule has 11 heteroatoms. The lowest BCUT2D eigenvalue weighted by molar-refractivity contribution is -0.139. The number of aromatic nitrogens is 1. The number of methoxy groups -OCH3 is 1. The second kappa shape index (κ2) is 12.0. The summed E-state index contributed by atoms with van der Waals surface area (Å²) in [7, 11) is 1.55. The summed E-state index contributed by atoms with van der Waals surface area (Å²) in [4.78, 5) is 43.3. The number of halogens is 1. The number of hydrogen-bond acceptors (Lipinski definition) is 9. The zero-order chi connectivity index (χ0) is 28.3. The molecule has 0 aliphatic carbocycles. The van der Waals surface area contributed by atoms with Crippen LogP contribution in [-0.4, -0.2) is 36.8 Å². The molecule has 0 bridgehead atoms. The predicted octanol–water partition coefficient (Wildman–Crippen LogP) is 3.89. The Hall–Kier alpha value is -3.70. The van der Waals surface area contributed by atoms with E-state index in [-0.39, 0.29) is 17.7 Å². The summed E-state index contributed by atoms with van der Waals surface area (Å²) < 4.78 is 24.2. The Labute approximate surface area is 237 Å². The summed E-state index contributed by atoms with van der Waals surface area (Å²) in [5, 5.41) is 0. The van der Waals surface area contributed by atoms with Crippen LogP contribution in [0.15, 0.2) is 61.9 Å². The number of ether oxygens (including phenoxy) is 4. The molecule has 0 fully saturated rings. The molecule has 0 saturated carbocycles. The van der Waals surface area contributed by atoms with Crippen LogP contribution >= 0.6 is 27.3 Å². The maximum absolute atomic E-state index is 13.8. The fraction of sp³-hybridized carbons (Fsp3) is 0.286. The number of fused-ring (bicyclic) bond motifs is 1. The highest BCUT2D eigenvalue weighted by atomic mass is 79.9. The van der Waals surface area contributed by atoms with Gasteiger partial charge < -0.3 is 18.9 Å². The van der Waals surface area contributed by atoms with E-state index in [0.29, 0.717) is 54.5 Å². The van der Waals surface area contributed by atoms with Gasteiger partial charge in [0.05, 0.1) is 46.6 Å². The molecule has 2 aromatic carbocycles. The number of benzene rings is 2. The molecule has 0 unspecified atom stereocenters. The van der Waals surface area contributed by atoms with Gasteiger partial charge in [-0.3, -0.25) is 14.2 Å². The van der Waals surface area contributed by atoms with E-state index in [1.165, 1.54) is 22.8 Å². The molecule has 2 heterocycles. The SMILES string of the molecule is CCOC(=O)C1=C(C)N=c2s/c(=C\c3ccc(OC(C)=O)c(Br)c3)c(=O)n2[C@@H]1c1ccc(OC)c(OCC)c1. The lowest BCUT2D eigenvalue weighted by Gasteiger charge is -2.25. The van der Waals surface area contributed by atoms with Crippen molar-refractivity contribution in [2.24, 2.45) is 4.99 Å². The zero-order valence-corrected chi connectivity index (χ0v) is 24.5. The summed E-state index contributed by atoms with van der Waals surface area (Å²) in [6.45, 7) is 7.23. The van der Waals surface area contributed by atoms with Crippen molar-refractivity contribution in [1.82, 2.24) is 4.57 Å². The number of rotatable bonds is 8. The summed E-state index contributed by atoms with van der Waals surface area (Å²) in [5.74, 6) is 0.428. The number of thiazole rings is 1. The second-order valence-electron chi connectivity index (χ2n) is 8.43. The van der Waals surface area contributed by atoms with E-state index in [1.54, 1.807) is 63.4 Å². The first-order valence-electron chi connectivity index (χ1n) is 12.2. The predicted molar refractivity (Wildman–Crippen MR) is 150 cm³/mol. The molecule has 0 radical (unpaired) electrons. The zero-order valence-electron chi connectivity index (χ0n) is 22.1. The van der Waals surface area contributed by atoms with Gasteiger partial charge >= 0.3 is 11.9 Å². The summed E-state index contributed by atoms with van der Waals surface area (Å²) in [5.41, 5.74) is 1.79. The average molecular weight is 616 g/mol. The van der Waals surface area contributed by atoms with Gasteiger partial charge in [0.1, 0.15) is 5.75 Å². The lowest BCUT2D eigenvalue weighted by Crippen LogP contribution is -2.40. The van der Waals surface area contributed by atoms with Crippen LogP contribution in [0.4, 0.5) is 0 Å². The van der Waals surface area contributed by atoms with Crippen molar-refractivity contribution in [3.05, 3.63) is 83.0 Å². The molecular weight excluding hydrogens is 588 g/mol. The Bertz CT molecular complexity index is 1650. The quantitative estimate of drug-likeness (QED) is 0.280. The summed E-state index contributed by atoms with van der Waals surface area (Å²) in [6, 6.07) is 9.67. The van der Waals surface area contributed by atoms with Crippen molar-refractivity contribution in [1.29, 1.82) is 0 Å². The van der Waals surface area contributed by atoms with Crippen LogP contribution in [0.5, 0.6) is 17.2 Å². The molecule has 3 aromatic rings. The third kappa shape index (κ3) is 5.84. The largest absolute Gasteiger partial charge is 0.493 e. The van der Waals surface area contributed by atoms with E-state index >= 15 is 0 Å². The van der Waals surface area contributed by atoms with E-state index < -0.39 is 18.0 Å². The number of carbonyl (C=O) groups is 2. The van der Waals surface area contributed by atoms with Crippen molar-refractivity contribution < 1.29 is 28.5 Å². The van der Waals surface area contributed by atoms with E-state index in [1.807, 2.05) is 6.92 Å². The van der Waals surface area contributed by atoms with Crippen LogP contribution in [0.2, 0.25) is 0 Å². The highest BCUT2D eigenvalue weighted by Crippen LogP contribution is 2.36. The van der Waals surface area contributed by atoms with Crippen molar-refractivity contribution in [3.63, 3.8) is 0 Å². The number of allylic oxidation sites excluding steroid dienone is 1. The van der Waals surface area contributed by atoms with Gasteiger partial charge in [-0.15, -0.1) is 0 Å². The topological polar surface area (TPSA) is 105 Å². The highest BCUT2D eigenvalue weighted by Gasteiger charge is 2.34. The third-order valence-electron chi connectivity index (χ3n) is 5.83. The maximum atomic E-state index is 13.8. The Kier molecular flexibility index (Phi) is 8.71. The second-order valence-corrected chi connectivity index (χ2v) is 10.3. The van der Waals surface area contributed by atoms with Crippen LogP contribution in [-0.2, 0) is 14.3 Å². The molecule has 0 amide bonds. The molecule has 0 N–H and O–H groups in total. The maximum Gasteiger partial charge on any atom is 0.338 e. The first-order valence-corrected chi connectivity index (χ1v) is 13.8. The van der Waals surface area contributed by atoms with Crippen LogP contribution in [0.3, 0.4) is 0 Å². The average Bonchev–Trinajstić information content (AvgIpc) is 3.19. The first kappa shape index (κ1) is 28.3. The number of esters is 2. The van der Waals surface area contributed by atoms with Gasteiger partial charge in [-0.25, -0.2) is 9.79 Å². The number of nitrogens with zero attached hydrogens (tertiary/aromatic N) is 2. The molecule has 0 spiro atoms. The van der Waals surface area contributed by atoms with Crippen LogP contribution in [0.1, 0.15) is 44.9 Å².